The van der Waals surface area contributed by atoms with E-state index in [1.54, 1.807) is 31.2 Å². The van der Waals surface area contributed by atoms with E-state index in [1.165, 1.54) is 6.92 Å². The van der Waals surface area contributed by atoms with E-state index in [9.17, 15) is 19.2 Å². The molecule has 0 aliphatic carbocycles. The molecule has 140 valence electrons. The molecule has 2 rings (SSSR count). The summed E-state index contributed by atoms with van der Waals surface area (Å²) >= 11 is 0. The van der Waals surface area contributed by atoms with Crippen LogP contribution in [0, 0.1) is 5.92 Å². The van der Waals surface area contributed by atoms with Crippen LogP contribution in [0.1, 0.15) is 50.9 Å². The van der Waals surface area contributed by atoms with Gasteiger partial charge in [-0.05, 0) is 44.7 Å². The predicted molar refractivity (Wildman–Crippen MR) is 97.8 cm³/mol. The smallest absolute Gasteiger partial charge is 0.324 e. The summed E-state index contributed by atoms with van der Waals surface area (Å²) in [6, 6.07) is 6.03. The zero-order chi connectivity index (χ0) is 19.5. The summed E-state index contributed by atoms with van der Waals surface area (Å²) in [5, 5.41) is 5.29. The average molecular weight is 359 g/mol. The number of urea groups is 1. The van der Waals surface area contributed by atoms with Crippen molar-refractivity contribution in [1.29, 1.82) is 0 Å². The van der Waals surface area contributed by atoms with Gasteiger partial charge in [0, 0.05) is 5.56 Å². The summed E-state index contributed by atoms with van der Waals surface area (Å²) in [4.78, 5) is 49.7. The number of para-hydroxylation sites is 1. The van der Waals surface area contributed by atoms with Gasteiger partial charge in [0.2, 0.25) is 5.91 Å². The summed E-state index contributed by atoms with van der Waals surface area (Å²) in [6.07, 6.45) is 1.30. The van der Waals surface area contributed by atoms with Gasteiger partial charge in [0.15, 0.2) is 5.78 Å². The molecule has 4 amide bonds. The van der Waals surface area contributed by atoms with Crippen molar-refractivity contribution in [3.8, 4) is 0 Å². The second kappa shape index (κ2) is 7.68. The van der Waals surface area contributed by atoms with Crippen LogP contribution in [-0.2, 0) is 9.59 Å². The topological polar surface area (TPSA) is 95.6 Å². The first-order chi connectivity index (χ1) is 12.1. The number of nitrogens with one attached hydrogen (secondary N) is 2. The maximum Gasteiger partial charge on any atom is 0.325 e. The summed E-state index contributed by atoms with van der Waals surface area (Å²) in [5.41, 5.74) is -0.252. The van der Waals surface area contributed by atoms with Gasteiger partial charge < -0.3 is 10.6 Å². The van der Waals surface area contributed by atoms with E-state index in [2.05, 4.69) is 10.6 Å². The molecule has 0 unspecified atom stereocenters. The number of benzene rings is 1. The predicted octanol–water partition coefficient (Wildman–Crippen LogP) is 2.57. The first kappa shape index (κ1) is 19.6. The van der Waals surface area contributed by atoms with Crippen LogP contribution in [0.15, 0.2) is 24.3 Å². The van der Waals surface area contributed by atoms with E-state index < -0.39 is 29.9 Å². The number of carbonyl (C=O) groups excluding carboxylic acids is 4. The number of rotatable bonds is 7. The van der Waals surface area contributed by atoms with E-state index in [4.69, 9.17) is 0 Å². The zero-order valence-corrected chi connectivity index (χ0v) is 15.6. The molecule has 0 spiro atoms. The second-order valence-electron chi connectivity index (χ2n) is 7.24. The van der Waals surface area contributed by atoms with Crippen molar-refractivity contribution in [3.05, 3.63) is 29.8 Å². The third-order valence-corrected chi connectivity index (χ3v) is 4.45. The Hall–Kier alpha value is -2.70. The molecular formula is C19H25N3O4. The molecule has 7 nitrogen and oxygen atoms in total. The van der Waals surface area contributed by atoms with E-state index in [1.807, 2.05) is 13.8 Å². The minimum absolute atomic E-state index is 0.183. The van der Waals surface area contributed by atoms with Gasteiger partial charge in [0.25, 0.3) is 5.91 Å². The Labute approximate surface area is 153 Å². The fourth-order valence-corrected chi connectivity index (χ4v) is 2.87. The van der Waals surface area contributed by atoms with Gasteiger partial charge in [-0.25, -0.2) is 4.79 Å². The van der Waals surface area contributed by atoms with Crippen LogP contribution in [0.4, 0.5) is 10.5 Å². The van der Waals surface area contributed by atoms with Crippen LogP contribution in [-0.4, -0.2) is 40.6 Å². The third kappa shape index (κ3) is 4.28. The maximum atomic E-state index is 12.6. The molecule has 0 aromatic heterocycles. The third-order valence-electron chi connectivity index (χ3n) is 4.45. The lowest BCUT2D eigenvalue weighted by Crippen LogP contribution is -2.44. The largest absolute Gasteiger partial charge is 0.325 e. The highest BCUT2D eigenvalue weighted by Gasteiger charge is 2.47. The van der Waals surface area contributed by atoms with Gasteiger partial charge in [-0.1, -0.05) is 26.0 Å². The summed E-state index contributed by atoms with van der Waals surface area (Å²) in [7, 11) is 0. The minimum Gasteiger partial charge on any atom is -0.324 e. The summed E-state index contributed by atoms with van der Waals surface area (Å²) in [6.45, 7) is 6.78. The molecule has 1 heterocycles. The number of imide groups is 1. The van der Waals surface area contributed by atoms with Crippen LogP contribution >= 0.6 is 0 Å². The van der Waals surface area contributed by atoms with Crippen molar-refractivity contribution in [2.75, 3.05) is 11.9 Å². The Balaban J connectivity index is 2.06. The fourth-order valence-electron chi connectivity index (χ4n) is 2.87. The number of Topliss-reactive ketones (excluding diaryl/α,β-unsaturated/α-hetero) is 1. The van der Waals surface area contributed by atoms with Crippen molar-refractivity contribution in [2.24, 2.45) is 5.92 Å². The van der Waals surface area contributed by atoms with Gasteiger partial charge in [0.05, 0.1) is 5.69 Å². The monoisotopic (exact) mass is 359 g/mol. The van der Waals surface area contributed by atoms with Crippen LogP contribution in [0.25, 0.3) is 0 Å². The molecule has 26 heavy (non-hydrogen) atoms. The van der Waals surface area contributed by atoms with Crippen LogP contribution in [0.2, 0.25) is 0 Å². The molecule has 7 heteroatoms. The number of amides is 4. The van der Waals surface area contributed by atoms with Crippen molar-refractivity contribution < 1.29 is 19.2 Å². The highest BCUT2D eigenvalue weighted by molar-refractivity contribution is 6.10. The van der Waals surface area contributed by atoms with E-state index >= 15 is 0 Å². The zero-order valence-electron chi connectivity index (χ0n) is 15.6. The van der Waals surface area contributed by atoms with Crippen LogP contribution in [0.3, 0.4) is 0 Å². The van der Waals surface area contributed by atoms with Gasteiger partial charge in [-0.15, -0.1) is 0 Å². The van der Waals surface area contributed by atoms with Crippen LogP contribution in [0.5, 0.6) is 0 Å². The summed E-state index contributed by atoms with van der Waals surface area (Å²) < 4.78 is 0. The van der Waals surface area contributed by atoms with E-state index in [-0.39, 0.29) is 5.78 Å². The van der Waals surface area contributed by atoms with E-state index in [0.717, 1.165) is 11.3 Å². The Bertz CT molecular complexity index is 744. The maximum absolute atomic E-state index is 12.6. The van der Waals surface area contributed by atoms with Gasteiger partial charge in [0.1, 0.15) is 12.1 Å². The number of ketones is 1. The number of anilines is 1. The first-order valence-corrected chi connectivity index (χ1v) is 8.68. The molecule has 0 saturated carbocycles. The van der Waals surface area contributed by atoms with Crippen LogP contribution < -0.4 is 10.6 Å². The normalized spacial score (nSPS) is 19.7. The van der Waals surface area contributed by atoms with Gasteiger partial charge >= 0.3 is 6.03 Å². The average Bonchev–Trinajstić information content (AvgIpc) is 2.77. The fraction of sp³-hybridized carbons (Fsp3) is 0.474. The van der Waals surface area contributed by atoms with E-state index in [0.29, 0.717) is 23.6 Å². The molecule has 1 aliphatic rings. The highest BCUT2D eigenvalue weighted by atomic mass is 16.2. The molecule has 1 saturated heterocycles. The molecule has 2 N–H and O–H groups in total. The van der Waals surface area contributed by atoms with Crippen molar-refractivity contribution in [2.45, 2.75) is 46.1 Å². The molecule has 0 radical (unpaired) electrons. The molecule has 1 aliphatic heterocycles. The highest BCUT2D eigenvalue weighted by Crippen LogP contribution is 2.25. The number of nitrogens with zero attached hydrogens (tertiary/aromatic N) is 1. The van der Waals surface area contributed by atoms with Crippen molar-refractivity contribution in [3.63, 3.8) is 0 Å². The van der Waals surface area contributed by atoms with Gasteiger partial charge in [-0.3, -0.25) is 19.3 Å². The molecule has 0 bridgehead atoms. The lowest BCUT2D eigenvalue weighted by atomic mass is 9.92. The molecular weight excluding hydrogens is 334 g/mol. The van der Waals surface area contributed by atoms with Gasteiger partial charge in [-0.2, -0.15) is 0 Å². The molecule has 1 atom stereocenters. The minimum atomic E-state index is -0.987. The Kier molecular flexibility index (Phi) is 5.79. The second-order valence-corrected chi connectivity index (χ2v) is 7.24. The molecule has 1 fully saturated rings. The Morgan fingerprint density at radius 1 is 1.23 bits per heavy atom. The summed E-state index contributed by atoms with van der Waals surface area (Å²) in [5.74, 6) is -0.720. The number of hydrogen-bond acceptors (Lipinski definition) is 4. The van der Waals surface area contributed by atoms with Crippen molar-refractivity contribution in [1.82, 2.24) is 10.2 Å². The Morgan fingerprint density at radius 3 is 2.50 bits per heavy atom. The SMILES string of the molecule is CC(=O)c1ccccc1NC(=O)CN1C(=O)N[C@](C)(CCC(C)C)C1=O. The lowest BCUT2D eigenvalue weighted by molar-refractivity contribution is -0.133. The lowest BCUT2D eigenvalue weighted by Gasteiger charge is -2.22. The molecule has 1 aromatic rings. The first-order valence-electron chi connectivity index (χ1n) is 8.68. The number of hydrogen-bond donors (Lipinski definition) is 2. The standard InChI is InChI=1S/C19H25N3O4/c1-12(2)9-10-19(4)17(25)22(18(26)21-19)11-16(24)20-15-8-6-5-7-14(15)13(3)23/h5-8,12H,9-11H2,1-4H3,(H,20,24)(H,21,26)/t19-/m1/s1. The quantitative estimate of drug-likeness (QED) is 0.578. The molecule has 1 aromatic carbocycles. The Morgan fingerprint density at radius 2 is 1.88 bits per heavy atom. The number of carbonyl (C=O) groups is 4. The van der Waals surface area contributed by atoms with Crippen molar-refractivity contribution >= 4 is 29.3 Å².